The van der Waals surface area contributed by atoms with Crippen LogP contribution in [-0.4, -0.2) is 56.9 Å². The van der Waals surface area contributed by atoms with Crippen LogP contribution < -0.4 is 5.32 Å². The van der Waals surface area contributed by atoms with E-state index in [1.165, 1.54) is 12.8 Å². The van der Waals surface area contributed by atoms with Crippen molar-refractivity contribution in [1.29, 1.82) is 0 Å². The molecule has 8 nitrogen and oxygen atoms in total. The van der Waals surface area contributed by atoms with E-state index in [-0.39, 0.29) is 12.1 Å². The first-order chi connectivity index (χ1) is 10.3. The highest BCUT2D eigenvalue weighted by Crippen LogP contribution is 2.34. The number of amides is 1. The molecule has 1 amide bonds. The van der Waals surface area contributed by atoms with Gasteiger partial charge < -0.3 is 10.1 Å². The predicted molar refractivity (Wildman–Crippen MR) is 74.5 cm³/mol. The predicted octanol–water partition coefficient (Wildman–Crippen LogP) is 0.718. The summed E-state index contributed by atoms with van der Waals surface area (Å²) in [4.78, 5) is 13.8. The minimum absolute atomic E-state index is 0.142. The van der Waals surface area contributed by atoms with Gasteiger partial charge in [-0.2, -0.15) is 0 Å². The number of likely N-dealkylation sites (tertiary alicyclic amines) is 1. The van der Waals surface area contributed by atoms with Crippen LogP contribution in [-0.2, 0) is 11.3 Å². The standard InChI is InChI=1S/C13H22N6O2/c1-2-21-13(20)14-10-4-3-7-18(8-10)9-12-15-16-17-19(12)11-5-6-11/h10-11H,2-9H2,1H3,(H,14,20)/t10-/m1/s1. The largest absolute Gasteiger partial charge is 0.450 e. The number of piperidine rings is 1. The number of ether oxygens (including phenoxy) is 1. The van der Waals surface area contributed by atoms with Crippen molar-refractivity contribution in [1.82, 2.24) is 30.4 Å². The second-order valence-electron chi connectivity index (χ2n) is 5.71. The van der Waals surface area contributed by atoms with Crippen LogP contribution in [0.3, 0.4) is 0 Å². The lowest BCUT2D eigenvalue weighted by Gasteiger charge is -2.32. The van der Waals surface area contributed by atoms with E-state index in [9.17, 15) is 4.79 Å². The lowest BCUT2D eigenvalue weighted by molar-refractivity contribution is 0.131. The average Bonchev–Trinajstić information content (AvgIpc) is 3.20. The molecule has 1 aromatic heterocycles. The van der Waals surface area contributed by atoms with Gasteiger partial charge in [0.2, 0.25) is 0 Å². The Kier molecular flexibility index (Phi) is 4.33. The Hall–Kier alpha value is -1.70. The lowest BCUT2D eigenvalue weighted by Crippen LogP contribution is -2.47. The number of rotatable bonds is 5. The average molecular weight is 294 g/mol. The van der Waals surface area contributed by atoms with Crippen LogP contribution in [0.4, 0.5) is 4.79 Å². The first-order valence-corrected chi connectivity index (χ1v) is 7.68. The molecule has 1 aliphatic carbocycles. The summed E-state index contributed by atoms with van der Waals surface area (Å²) in [7, 11) is 0. The van der Waals surface area contributed by atoms with Crippen molar-refractivity contribution in [3.05, 3.63) is 5.82 Å². The van der Waals surface area contributed by atoms with Crippen LogP contribution >= 0.6 is 0 Å². The van der Waals surface area contributed by atoms with E-state index < -0.39 is 0 Å². The Bertz CT molecular complexity index is 487. The van der Waals surface area contributed by atoms with Crippen LogP contribution in [0.5, 0.6) is 0 Å². The second-order valence-corrected chi connectivity index (χ2v) is 5.71. The number of alkyl carbamates (subject to hydrolysis) is 1. The Morgan fingerprint density at radius 3 is 3.05 bits per heavy atom. The number of carbonyl (C=O) groups is 1. The molecule has 1 aromatic rings. The quantitative estimate of drug-likeness (QED) is 0.861. The normalized spacial score (nSPS) is 23.0. The van der Waals surface area contributed by atoms with Gasteiger partial charge in [-0.1, -0.05) is 0 Å². The van der Waals surface area contributed by atoms with Crippen molar-refractivity contribution in [2.24, 2.45) is 0 Å². The Labute approximate surface area is 123 Å². The number of tetrazole rings is 1. The monoisotopic (exact) mass is 294 g/mol. The fourth-order valence-electron chi connectivity index (χ4n) is 2.78. The van der Waals surface area contributed by atoms with Crippen molar-refractivity contribution in [2.75, 3.05) is 19.7 Å². The zero-order valence-corrected chi connectivity index (χ0v) is 12.4. The molecule has 2 aliphatic rings. The number of nitrogens with zero attached hydrogens (tertiary/aromatic N) is 5. The molecule has 0 bridgehead atoms. The number of hydrogen-bond donors (Lipinski definition) is 1. The van der Waals surface area contributed by atoms with E-state index in [0.717, 1.165) is 38.3 Å². The molecule has 0 unspecified atom stereocenters. The molecule has 21 heavy (non-hydrogen) atoms. The molecular weight excluding hydrogens is 272 g/mol. The number of aromatic nitrogens is 4. The van der Waals surface area contributed by atoms with Gasteiger partial charge in [-0.15, -0.1) is 5.10 Å². The fraction of sp³-hybridized carbons (Fsp3) is 0.846. The molecule has 2 heterocycles. The summed E-state index contributed by atoms with van der Waals surface area (Å²) in [5, 5.41) is 14.9. The zero-order valence-electron chi connectivity index (χ0n) is 12.4. The number of hydrogen-bond acceptors (Lipinski definition) is 6. The Balaban J connectivity index is 1.53. The number of nitrogens with one attached hydrogen (secondary N) is 1. The van der Waals surface area contributed by atoms with Crippen molar-refractivity contribution in [2.45, 2.75) is 51.2 Å². The van der Waals surface area contributed by atoms with Crippen LogP contribution in [0.25, 0.3) is 0 Å². The maximum atomic E-state index is 11.5. The topological polar surface area (TPSA) is 85.2 Å². The van der Waals surface area contributed by atoms with E-state index in [1.54, 1.807) is 0 Å². The lowest BCUT2D eigenvalue weighted by atomic mass is 10.1. The molecular formula is C13H22N6O2. The Morgan fingerprint density at radius 2 is 2.29 bits per heavy atom. The summed E-state index contributed by atoms with van der Waals surface area (Å²) in [5.74, 6) is 0.925. The highest BCUT2D eigenvalue weighted by Gasteiger charge is 2.29. The van der Waals surface area contributed by atoms with Crippen LogP contribution in [0.2, 0.25) is 0 Å². The van der Waals surface area contributed by atoms with Gasteiger partial charge in [-0.25, -0.2) is 9.48 Å². The maximum absolute atomic E-state index is 11.5. The fourth-order valence-corrected chi connectivity index (χ4v) is 2.78. The summed E-state index contributed by atoms with van der Waals surface area (Å²) >= 11 is 0. The molecule has 0 spiro atoms. The van der Waals surface area contributed by atoms with Gasteiger partial charge in [0.05, 0.1) is 19.2 Å². The molecule has 8 heteroatoms. The van der Waals surface area contributed by atoms with Crippen LogP contribution in [0.1, 0.15) is 44.5 Å². The third-order valence-electron chi connectivity index (χ3n) is 3.92. The van der Waals surface area contributed by atoms with Gasteiger partial charge in [0.15, 0.2) is 5.82 Å². The minimum Gasteiger partial charge on any atom is -0.450 e. The SMILES string of the molecule is CCOC(=O)N[C@@H]1CCCN(Cc2nnnn2C2CC2)C1. The van der Waals surface area contributed by atoms with Gasteiger partial charge in [0.1, 0.15) is 0 Å². The van der Waals surface area contributed by atoms with Gasteiger partial charge in [-0.05, 0) is 49.6 Å². The maximum Gasteiger partial charge on any atom is 0.407 e. The molecule has 1 atom stereocenters. The molecule has 1 aliphatic heterocycles. The van der Waals surface area contributed by atoms with Crippen molar-refractivity contribution in [3.63, 3.8) is 0 Å². The van der Waals surface area contributed by atoms with Gasteiger partial charge in [0, 0.05) is 12.6 Å². The second kappa shape index (κ2) is 6.38. The van der Waals surface area contributed by atoms with Gasteiger partial charge in [-0.3, -0.25) is 4.90 Å². The first-order valence-electron chi connectivity index (χ1n) is 7.68. The molecule has 1 saturated carbocycles. The van der Waals surface area contributed by atoms with Gasteiger partial charge in [0.25, 0.3) is 0 Å². The van der Waals surface area contributed by atoms with Crippen LogP contribution in [0.15, 0.2) is 0 Å². The van der Waals surface area contributed by atoms with Gasteiger partial charge >= 0.3 is 6.09 Å². The van der Waals surface area contributed by atoms with Crippen molar-refractivity contribution in [3.8, 4) is 0 Å². The van der Waals surface area contributed by atoms with E-state index in [1.807, 2.05) is 11.6 Å². The Morgan fingerprint density at radius 1 is 1.43 bits per heavy atom. The molecule has 1 saturated heterocycles. The smallest absolute Gasteiger partial charge is 0.407 e. The van der Waals surface area contributed by atoms with E-state index in [2.05, 4.69) is 25.7 Å². The van der Waals surface area contributed by atoms with Crippen LogP contribution in [0, 0.1) is 0 Å². The summed E-state index contributed by atoms with van der Waals surface area (Å²) in [5.41, 5.74) is 0. The first kappa shape index (κ1) is 14.2. The summed E-state index contributed by atoms with van der Waals surface area (Å²) in [6.07, 6.45) is 4.06. The van der Waals surface area contributed by atoms with E-state index in [4.69, 9.17) is 4.74 Å². The summed E-state index contributed by atoms with van der Waals surface area (Å²) < 4.78 is 6.89. The molecule has 1 N–H and O–H groups in total. The van der Waals surface area contributed by atoms with E-state index in [0.29, 0.717) is 12.6 Å². The van der Waals surface area contributed by atoms with Crippen molar-refractivity contribution >= 4 is 6.09 Å². The summed E-state index contributed by atoms with van der Waals surface area (Å²) in [6, 6.07) is 0.635. The number of carbonyl (C=O) groups excluding carboxylic acids is 1. The summed E-state index contributed by atoms with van der Waals surface area (Å²) in [6.45, 7) is 4.78. The third-order valence-corrected chi connectivity index (χ3v) is 3.92. The molecule has 116 valence electrons. The van der Waals surface area contributed by atoms with Crippen molar-refractivity contribution < 1.29 is 9.53 Å². The molecule has 2 fully saturated rings. The molecule has 0 aromatic carbocycles. The third kappa shape index (κ3) is 3.69. The minimum atomic E-state index is -0.327. The molecule has 0 radical (unpaired) electrons. The van der Waals surface area contributed by atoms with E-state index >= 15 is 0 Å². The molecule has 3 rings (SSSR count). The zero-order chi connectivity index (χ0) is 14.7. The highest BCUT2D eigenvalue weighted by molar-refractivity contribution is 5.67. The highest BCUT2D eigenvalue weighted by atomic mass is 16.5.